The molecular formula is C14H20O8. The molecule has 1 rings (SSSR count). The third-order valence-corrected chi connectivity index (χ3v) is 4.00. The van der Waals surface area contributed by atoms with Gasteiger partial charge in [-0.3, -0.25) is 19.2 Å². The van der Waals surface area contributed by atoms with Gasteiger partial charge in [0.05, 0.1) is 52.1 Å². The molecule has 8 nitrogen and oxygen atoms in total. The fourth-order valence-corrected chi connectivity index (χ4v) is 2.85. The minimum absolute atomic E-state index is 0.0428. The lowest BCUT2D eigenvalue weighted by molar-refractivity contribution is -0.172. The van der Waals surface area contributed by atoms with Gasteiger partial charge in [-0.25, -0.2) is 0 Å². The van der Waals surface area contributed by atoms with Gasteiger partial charge < -0.3 is 18.9 Å². The van der Waals surface area contributed by atoms with Crippen LogP contribution < -0.4 is 0 Å². The zero-order valence-electron chi connectivity index (χ0n) is 13.0. The van der Waals surface area contributed by atoms with E-state index in [1.807, 2.05) is 0 Å². The smallest absolute Gasteiger partial charge is 0.309 e. The number of methoxy groups -OCH3 is 4. The molecule has 0 radical (unpaired) electrons. The summed E-state index contributed by atoms with van der Waals surface area (Å²) in [5.41, 5.74) is 0. The Morgan fingerprint density at radius 1 is 0.545 bits per heavy atom. The number of hydrogen-bond donors (Lipinski definition) is 0. The number of esters is 4. The molecule has 0 unspecified atom stereocenters. The van der Waals surface area contributed by atoms with Gasteiger partial charge in [0, 0.05) is 0 Å². The van der Waals surface area contributed by atoms with Gasteiger partial charge in [0.2, 0.25) is 0 Å². The van der Waals surface area contributed by atoms with Crippen LogP contribution in [0.15, 0.2) is 0 Å². The highest BCUT2D eigenvalue weighted by Crippen LogP contribution is 2.40. The summed E-state index contributed by atoms with van der Waals surface area (Å²) in [7, 11) is 4.76. The van der Waals surface area contributed by atoms with Gasteiger partial charge in [0.25, 0.3) is 0 Å². The van der Waals surface area contributed by atoms with Crippen molar-refractivity contribution in [2.45, 2.75) is 12.8 Å². The predicted molar refractivity (Wildman–Crippen MR) is 71.3 cm³/mol. The van der Waals surface area contributed by atoms with Crippen LogP contribution in [0.3, 0.4) is 0 Å². The molecule has 4 atom stereocenters. The molecule has 1 fully saturated rings. The predicted octanol–water partition coefficient (Wildman–Crippen LogP) is -0.0630. The van der Waals surface area contributed by atoms with Crippen LogP contribution in [0, 0.1) is 23.7 Å². The number of hydrogen-bond acceptors (Lipinski definition) is 8. The maximum Gasteiger partial charge on any atom is 0.309 e. The highest BCUT2D eigenvalue weighted by molar-refractivity contribution is 5.87. The van der Waals surface area contributed by atoms with Gasteiger partial charge in [0.1, 0.15) is 0 Å². The lowest BCUT2D eigenvalue weighted by Crippen LogP contribution is -2.46. The molecule has 0 saturated heterocycles. The van der Waals surface area contributed by atoms with Gasteiger partial charge in [-0.1, -0.05) is 0 Å². The third-order valence-electron chi connectivity index (χ3n) is 4.00. The molecule has 8 heteroatoms. The van der Waals surface area contributed by atoms with E-state index in [0.717, 1.165) is 0 Å². The van der Waals surface area contributed by atoms with Crippen molar-refractivity contribution in [1.29, 1.82) is 0 Å². The lowest BCUT2D eigenvalue weighted by atomic mass is 9.68. The van der Waals surface area contributed by atoms with Gasteiger partial charge >= 0.3 is 23.9 Å². The van der Waals surface area contributed by atoms with Crippen LogP contribution >= 0.6 is 0 Å². The van der Waals surface area contributed by atoms with Crippen molar-refractivity contribution in [2.75, 3.05) is 28.4 Å². The van der Waals surface area contributed by atoms with Gasteiger partial charge in [-0.05, 0) is 12.8 Å². The van der Waals surface area contributed by atoms with Crippen LogP contribution in [0.25, 0.3) is 0 Å². The van der Waals surface area contributed by atoms with Crippen LogP contribution in [-0.4, -0.2) is 52.3 Å². The van der Waals surface area contributed by atoms with E-state index >= 15 is 0 Å². The largest absolute Gasteiger partial charge is 0.469 e. The molecular weight excluding hydrogens is 296 g/mol. The quantitative estimate of drug-likeness (QED) is 0.524. The zero-order valence-corrected chi connectivity index (χ0v) is 13.0. The average Bonchev–Trinajstić information content (AvgIpc) is 2.57. The van der Waals surface area contributed by atoms with Crippen molar-refractivity contribution >= 4 is 23.9 Å². The second-order valence-corrected chi connectivity index (χ2v) is 4.99. The van der Waals surface area contributed by atoms with Gasteiger partial charge in [-0.15, -0.1) is 0 Å². The van der Waals surface area contributed by atoms with Crippen molar-refractivity contribution < 1.29 is 38.1 Å². The Bertz CT molecular complexity index is 376. The molecule has 1 saturated carbocycles. The van der Waals surface area contributed by atoms with Crippen molar-refractivity contribution in [1.82, 2.24) is 0 Å². The Kier molecular flexibility index (Phi) is 6.33. The first-order valence-corrected chi connectivity index (χ1v) is 6.72. The van der Waals surface area contributed by atoms with E-state index in [0.29, 0.717) is 0 Å². The maximum absolute atomic E-state index is 11.9. The van der Waals surface area contributed by atoms with E-state index in [2.05, 4.69) is 18.9 Å². The summed E-state index contributed by atoms with van der Waals surface area (Å²) in [4.78, 5) is 47.6. The Morgan fingerprint density at radius 2 is 0.727 bits per heavy atom. The maximum atomic E-state index is 11.9. The summed E-state index contributed by atoms with van der Waals surface area (Å²) in [6.45, 7) is 0. The Hall–Kier alpha value is -2.12. The van der Waals surface area contributed by atoms with Crippen molar-refractivity contribution in [3.05, 3.63) is 0 Å². The molecule has 0 aromatic carbocycles. The Labute approximate surface area is 128 Å². The molecule has 0 aromatic heterocycles. The summed E-state index contributed by atoms with van der Waals surface area (Å²) in [6, 6.07) is 0. The topological polar surface area (TPSA) is 105 Å². The first-order valence-electron chi connectivity index (χ1n) is 6.72. The molecule has 0 N–H and O–H groups in total. The second-order valence-electron chi connectivity index (χ2n) is 4.99. The Balaban J connectivity index is 3.15. The van der Waals surface area contributed by atoms with Gasteiger partial charge in [0.15, 0.2) is 0 Å². The van der Waals surface area contributed by atoms with Crippen molar-refractivity contribution in [2.24, 2.45) is 23.7 Å². The standard InChI is InChI=1S/C14H20O8/c1-19-11(15)7-5-9(13(17)21-3)10(14(18)22-4)6-8(7)12(16)20-2/h7-10H,5-6H2,1-4H3/t7-,8-,9-,10+/m1/s1. The monoisotopic (exact) mass is 316 g/mol. The number of ether oxygens (including phenoxy) is 4. The summed E-state index contributed by atoms with van der Waals surface area (Å²) in [5.74, 6) is -6.02. The summed E-state index contributed by atoms with van der Waals surface area (Å²) in [6.07, 6.45) is -0.0856. The fourth-order valence-electron chi connectivity index (χ4n) is 2.85. The highest BCUT2D eigenvalue weighted by atomic mass is 16.5. The number of rotatable bonds is 4. The van der Waals surface area contributed by atoms with E-state index in [-0.39, 0.29) is 12.8 Å². The second kappa shape index (κ2) is 7.77. The van der Waals surface area contributed by atoms with Crippen molar-refractivity contribution in [3.8, 4) is 0 Å². The zero-order chi connectivity index (χ0) is 16.9. The molecule has 0 aliphatic heterocycles. The van der Waals surface area contributed by atoms with E-state index in [4.69, 9.17) is 0 Å². The van der Waals surface area contributed by atoms with E-state index in [1.165, 1.54) is 28.4 Å². The molecule has 0 heterocycles. The first kappa shape index (κ1) is 17.9. The van der Waals surface area contributed by atoms with Crippen LogP contribution in [0.2, 0.25) is 0 Å². The Morgan fingerprint density at radius 3 is 0.864 bits per heavy atom. The summed E-state index contributed by atoms with van der Waals surface area (Å²) in [5, 5.41) is 0. The molecule has 0 amide bonds. The molecule has 1 aliphatic rings. The molecule has 0 spiro atoms. The molecule has 22 heavy (non-hydrogen) atoms. The molecule has 124 valence electrons. The lowest BCUT2D eigenvalue weighted by Gasteiger charge is -2.36. The summed E-state index contributed by atoms with van der Waals surface area (Å²) >= 11 is 0. The molecule has 0 aromatic rings. The average molecular weight is 316 g/mol. The van der Waals surface area contributed by atoms with Crippen molar-refractivity contribution in [3.63, 3.8) is 0 Å². The number of carbonyl (C=O) groups is 4. The molecule has 1 aliphatic carbocycles. The fraction of sp³-hybridized carbons (Fsp3) is 0.714. The van der Waals surface area contributed by atoms with Crippen LogP contribution in [0.4, 0.5) is 0 Å². The van der Waals surface area contributed by atoms with E-state index < -0.39 is 47.5 Å². The minimum Gasteiger partial charge on any atom is -0.469 e. The van der Waals surface area contributed by atoms with Crippen LogP contribution in [-0.2, 0) is 38.1 Å². The minimum atomic E-state index is -0.873. The van der Waals surface area contributed by atoms with E-state index in [1.54, 1.807) is 0 Å². The highest BCUT2D eigenvalue weighted by Gasteiger charge is 2.50. The normalized spacial score (nSPS) is 27.5. The van der Waals surface area contributed by atoms with Gasteiger partial charge in [-0.2, -0.15) is 0 Å². The number of carbonyl (C=O) groups excluding carboxylic acids is 4. The molecule has 0 bridgehead atoms. The van der Waals surface area contributed by atoms with E-state index in [9.17, 15) is 19.2 Å². The van der Waals surface area contributed by atoms with Crippen LogP contribution in [0.5, 0.6) is 0 Å². The first-order chi connectivity index (χ1) is 10.4. The summed E-state index contributed by atoms with van der Waals surface area (Å²) < 4.78 is 18.7. The van der Waals surface area contributed by atoms with Crippen LogP contribution in [0.1, 0.15) is 12.8 Å². The third kappa shape index (κ3) is 3.55. The SMILES string of the molecule is COC(=O)[C@H]1C[C@@H](C(=O)OC)[C@H](C(=O)OC)C[C@H]1C(=O)OC.